The molecule has 0 atom stereocenters. The van der Waals surface area contributed by atoms with E-state index in [0.717, 1.165) is 24.8 Å². The summed E-state index contributed by atoms with van der Waals surface area (Å²) < 4.78 is 39.2. The van der Waals surface area contributed by atoms with E-state index < -0.39 is 13.0 Å². The van der Waals surface area contributed by atoms with Gasteiger partial charge in [0.1, 0.15) is 0 Å². The summed E-state index contributed by atoms with van der Waals surface area (Å²) in [5.41, 5.74) is 1.39. The van der Waals surface area contributed by atoms with E-state index in [9.17, 15) is 13.2 Å². The molecule has 0 aliphatic carbocycles. The van der Waals surface area contributed by atoms with Crippen molar-refractivity contribution in [1.82, 2.24) is 0 Å². The molecule has 0 unspecified atom stereocenters. The molecule has 0 radical (unpaired) electrons. The van der Waals surface area contributed by atoms with Gasteiger partial charge in [-0.25, -0.2) is 0 Å². The fourth-order valence-electron chi connectivity index (χ4n) is 1.42. The molecular weight excluding hydrogens is 253 g/mol. The van der Waals surface area contributed by atoms with Crippen LogP contribution in [0.3, 0.4) is 0 Å². The number of benzene rings is 1. The lowest BCUT2D eigenvalue weighted by molar-refractivity contribution is -0.330. The van der Waals surface area contributed by atoms with Gasteiger partial charge >= 0.3 is 6.36 Å². The Bertz CT molecular complexity index is 363. The van der Waals surface area contributed by atoms with Crippen LogP contribution in [0.1, 0.15) is 30.9 Å². The van der Waals surface area contributed by atoms with E-state index in [1.807, 2.05) is 0 Å². The fourth-order valence-corrected chi connectivity index (χ4v) is 1.71. The van der Waals surface area contributed by atoms with Crippen LogP contribution in [0, 0.1) is 0 Å². The van der Waals surface area contributed by atoms with Crippen LogP contribution < -0.4 is 0 Å². The van der Waals surface area contributed by atoms with Crippen LogP contribution in [0.15, 0.2) is 18.2 Å². The molecule has 0 aliphatic heterocycles. The maximum absolute atomic E-state index is 11.8. The zero-order valence-corrected chi connectivity index (χ0v) is 10.2. The van der Waals surface area contributed by atoms with E-state index in [4.69, 9.17) is 11.6 Å². The first-order chi connectivity index (χ1) is 7.92. The summed E-state index contributed by atoms with van der Waals surface area (Å²) in [5, 5.41) is 0.502. The van der Waals surface area contributed by atoms with Crippen LogP contribution in [-0.4, -0.2) is 6.36 Å². The van der Waals surface area contributed by atoms with Crippen molar-refractivity contribution >= 4 is 11.6 Å². The zero-order valence-electron chi connectivity index (χ0n) is 9.48. The summed E-state index contributed by atoms with van der Waals surface area (Å²) in [6.07, 6.45) is -1.70. The van der Waals surface area contributed by atoms with Gasteiger partial charge in [0.25, 0.3) is 0 Å². The molecule has 0 spiro atoms. The first-order valence-corrected chi connectivity index (χ1v) is 5.78. The minimum absolute atomic E-state index is 0.424. The molecule has 1 rings (SSSR count). The van der Waals surface area contributed by atoms with Crippen molar-refractivity contribution in [1.29, 1.82) is 0 Å². The SMILES string of the molecule is CCCCc1ccc(COC(F)(F)F)cc1Cl. The average molecular weight is 267 g/mol. The van der Waals surface area contributed by atoms with E-state index in [2.05, 4.69) is 11.7 Å². The Morgan fingerprint density at radius 3 is 2.53 bits per heavy atom. The largest absolute Gasteiger partial charge is 0.522 e. The molecule has 0 aromatic heterocycles. The lowest BCUT2D eigenvalue weighted by Crippen LogP contribution is -2.12. The second kappa shape index (κ2) is 6.26. The summed E-state index contributed by atoms with van der Waals surface area (Å²) >= 11 is 5.98. The van der Waals surface area contributed by atoms with Gasteiger partial charge in [0, 0.05) is 5.02 Å². The van der Waals surface area contributed by atoms with Gasteiger partial charge in [0.05, 0.1) is 6.61 Å². The highest BCUT2D eigenvalue weighted by molar-refractivity contribution is 6.31. The second-order valence-electron chi connectivity index (χ2n) is 3.76. The Balaban J connectivity index is 2.62. The van der Waals surface area contributed by atoms with E-state index in [-0.39, 0.29) is 0 Å². The number of hydrogen-bond donors (Lipinski definition) is 0. The lowest BCUT2D eigenvalue weighted by Gasteiger charge is -2.09. The number of hydrogen-bond acceptors (Lipinski definition) is 1. The molecule has 0 aliphatic rings. The zero-order chi connectivity index (χ0) is 12.9. The number of ether oxygens (including phenoxy) is 1. The van der Waals surface area contributed by atoms with Gasteiger partial charge in [-0.15, -0.1) is 13.2 Å². The molecule has 0 bridgehead atoms. The van der Waals surface area contributed by atoms with Crippen molar-refractivity contribution in [2.45, 2.75) is 39.2 Å². The second-order valence-corrected chi connectivity index (χ2v) is 4.17. The molecule has 1 aromatic carbocycles. The van der Waals surface area contributed by atoms with Gasteiger partial charge in [-0.1, -0.05) is 37.1 Å². The van der Waals surface area contributed by atoms with Crippen LogP contribution in [0.4, 0.5) is 13.2 Å². The van der Waals surface area contributed by atoms with Crippen molar-refractivity contribution in [3.8, 4) is 0 Å². The number of rotatable bonds is 5. The smallest absolute Gasteiger partial charge is 0.287 e. The summed E-state index contributed by atoms with van der Waals surface area (Å²) in [7, 11) is 0. The van der Waals surface area contributed by atoms with E-state index >= 15 is 0 Å². The standard InChI is InChI=1S/C12H14ClF3O/c1-2-3-4-10-6-5-9(7-11(10)13)8-17-12(14,15)16/h5-7H,2-4,8H2,1H3. The highest BCUT2D eigenvalue weighted by Crippen LogP contribution is 2.23. The number of alkyl halides is 3. The summed E-state index contributed by atoms with van der Waals surface area (Å²) in [5.74, 6) is 0. The highest BCUT2D eigenvalue weighted by atomic mass is 35.5. The quantitative estimate of drug-likeness (QED) is 0.749. The molecule has 1 aromatic rings. The molecule has 1 nitrogen and oxygen atoms in total. The van der Waals surface area contributed by atoms with Crippen molar-refractivity contribution in [2.24, 2.45) is 0 Å². The monoisotopic (exact) mass is 266 g/mol. The van der Waals surface area contributed by atoms with Crippen molar-refractivity contribution in [3.05, 3.63) is 34.3 Å². The van der Waals surface area contributed by atoms with Gasteiger partial charge in [0.15, 0.2) is 0 Å². The first-order valence-electron chi connectivity index (χ1n) is 5.40. The van der Waals surface area contributed by atoms with Crippen LogP contribution in [-0.2, 0) is 17.8 Å². The maximum atomic E-state index is 11.8. The van der Waals surface area contributed by atoms with E-state index in [0.29, 0.717) is 10.6 Å². The van der Waals surface area contributed by atoms with Gasteiger partial charge in [-0.3, -0.25) is 4.74 Å². The van der Waals surface area contributed by atoms with Gasteiger partial charge < -0.3 is 0 Å². The van der Waals surface area contributed by atoms with Crippen LogP contribution in [0.5, 0.6) is 0 Å². The van der Waals surface area contributed by atoms with E-state index in [1.54, 1.807) is 12.1 Å². The lowest BCUT2D eigenvalue weighted by atomic mass is 10.1. The molecule has 0 N–H and O–H groups in total. The molecule has 96 valence electrons. The Labute approximate surface area is 104 Å². The molecule has 0 fully saturated rings. The number of halogens is 4. The molecule has 0 saturated heterocycles. The highest BCUT2D eigenvalue weighted by Gasteiger charge is 2.28. The molecule has 0 saturated carbocycles. The topological polar surface area (TPSA) is 9.23 Å². The summed E-state index contributed by atoms with van der Waals surface area (Å²) in [6, 6.07) is 4.90. The first kappa shape index (κ1) is 14.3. The molecule has 0 amide bonds. The maximum Gasteiger partial charge on any atom is 0.522 e. The van der Waals surface area contributed by atoms with Crippen LogP contribution in [0.2, 0.25) is 5.02 Å². The van der Waals surface area contributed by atoms with Crippen LogP contribution in [0.25, 0.3) is 0 Å². The Hall–Kier alpha value is -0.740. The average Bonchev–Trinajstić information content (AvgIpc) is 2.24. The third-order valence-electron chi connectivity index (χ3n) is 2.32. The Morgan fingerprint density at radius 2 is 2.00 bits per heavy atom. The third-order valence-corrected chi connectivity index (χ3v) is 2.67. The molecule has 5 heteroatoms. The van der Waals surface area contributed by atoms with Crippen LogP contribution >= 0.6 is 11.6 Å². The minimum Gasteiger partial charge on any atom is -0.287 e. The molecule has 17 heavy (non-hydrogen) atoms. The third kappa shape index (κ3) is 5.41. The van der Waals surface area contributed by atoms with Gasteiger partial charge in [-0.05, 0) is 30.0 Å². The number of aryl methyl sites for hydroxylation is 1. The summed E-state index contributed by atoms with van der Waals surface area (Å²) in [4.78, 5) is 0. The predicted molar refractivity (Wildman–Crippen MR) is 60.9 cm³/mol. The van der Waals surface area contributed by atoms with Crippen molar-refractivity contribution in [3.63, 3.8) is 0 Å². The molecular formula is C12H14ClF3O. The normalized spacial score (nSPS) is 11.8. The Morgan fingerprint density at radius 1 is 1.29 bits per heavy atom. The number of unbranched alkanes of at least 4 members (excludes halogenated alkanes) is 1. The summed E-state index contributed by atoms with van der Waals surface area (Å²) in [6.45, 7) is 1.57. The van der Waals surface area contributed by atoms with Gasteiger partial charge in [-0.2, -0.15) is 0 Å². The van der Waals surface area contributed by atoms with Crippen molar-refractivity contribution in [2.75, 3.05) is 0 Å². The predicted octanol–water partition coefficient (Wildman–Crippen LogP) is 4.72. The molecule has 0 heterocycles. The van der Waals surface area contributed by atoms with E-state index in [1.165, 1.54) is 6.07 Å². The Kier molecular flexibility index (Phi) is 5.28. The van der Waals surface area contributed by atoms with Crippen molar-refractivity contribution < 1.29 is 17.9 Å². The minimum atomic E-state index is -4.60. The van der Waals surface area contributed by atoms with Gasteiger partial charge in [0.2, 0.25) is 0 Å². The fraction of sp³-hybridized carbons (Fsp3) is 0.500.